The summed E-state index contributed by atoms with van der Waals surface area (Å²) in [5.41, 5.74) is 6.92. The lowest BCUT2D eigenvalue weighted by atomic mass is 10.1. The fourth-order valence-corrected chi connectivity index (χ4v) is 3.94. The summed E-state index contributed by atoms with van der Waals surface area (Å²) in [6.07, 6.45) is 0.845. The van der Waals surface area contributed by atoms with Gasteiger partial charge in [0.15, 0.2) is 5.69 Å². The van der Waals surface area contributed by atoms with E-state index in [4.69, 9.17) is 10.8 Å². The van der Waals surface area contributed by atoms with E-state index in [1.54, 1.807) is 25.3 Å². The highest BCUT2D eigenvalue weighted by Crippen LogP contribution is 2.46. The van der Waals surface area contributed by atoms with Gasteiger partial charge in [-0.15, -0.1) is 0 Å². The Morgan fingerprint density at radius 3 is 2.28 bits per heavy atom. The molecule has 0 spiro atoms. The average molecular weight is 439 g/mol. The number of amides is 2. The van der Waals surface area contributed by atoms with Gasteiger partial charge < -0.3 is 25.6 Å². The molecule has 166 valence electrons. The minimum absolute atomic E-state index is 0.0993. The van der Waals surface area contributed by atoms with E-state index in [2.05, 4.69) is 24.9 Å². The number of aryl methyl sites for hydroxylation is 1. The number of halogens is 1. The van der Waals surface area contributed by atoms with Crippen LogP contribution in [0.4, 0.5) is 15.0 Å². The van der Waals surface area contributed by atoms with Crippen LogP contribution in [0.1, 0.15) is 16.2 Å². The van der Waals surface area contributed by atoms with Gasteiger partial charge in [-0.2, -0.15) is 0 Å². The van der Waals surface area contributed by atoms with Gasteiger partial charge in [-0.05, 0) is 36.8 Å². The van der Waals surface area contributed by atoms with Crippen LogP contribution in [-0.4, -0.2) is 46.4 Å². The van der Waals surface area contributed by atoms with Crippen LogP contribution in [0.2, 0.25) is 0 Å². The Bertz CT molecular complexity index is 1100. The van der Waals surface area contributed by atoms with Crippen LogP contribution in [0.3, 0.4) is 0 Å². The molecule has 32 heavy (non-hydrogen) atoms. The zero-order chi connectivity index (χ0) is 22.8. The molecule has 1 aromatic carbocycles. The number of carboxylic acid groups (broad SMARTS) is 1. The summed E-state index contributed by atoms with van der Waals surface area (Å²) >= 11 is 0. The third-order valence-electron chi connectivity index (χ3n) is 5.61. The number of piperidine rings is 1. The average Bonchev–Trinajstić information content (AvgIpc) is 3.13. The molecular formula is C22H22FN5O4. The molecule has 1 saturated carbocycles. The summed E-state index contributed by atoms with van der Waals surface area (Å²) in [7, 11) is 0. The van der Waals surface area contributed by atoms with Crippen molar-refractivity contribution in [1.29, 1.82) is 0 Å². The first-order valence-electron chi connectivity index (χ1n) is 10.0. The Morgan fingerprint density at radius 2 is 1.81 bits per heavy atom. The molecular weight excluding hydrogens is 417 g/mol. The first kappa shape index (κ1) is 21.3. The Hall–Kier alpha value is -3.95. The largest absolute Gasteiger partial charge is 0.465 e. The maximum atomic E-state index is 13.0. The lowest BCUT2D eigenvalue weighted by molar-refractivity contribution is 0.0991. The maximum Gasteiger partial charge on any atom is 0.404 e. The zero-order valence-electron chi connectivity index (χ0n) is 17.2. The van der Waals surface area contributed by atoms with E-state index in [0.717, 1.165) is 30.0 Å². The SMILES string of the molecule is Cc1cc(C(N)=O)no1.O=C(O)NC1C2CN(c3ccc(-c4ccc(F)cc4)cn3)CC21. The Labute approximate surface area is 183 Å². The number of nitrogens with two attached hydrogens (primary N) is 1. The van der Waals surface area contributed by atoms with E-state index >= 15 is 0 Å². The molecule has 0 bridgehead atoms. The molecule has 3 aromatic rings. The molecule has 1 saturated heterocycles. The number of primary amides is 1. The highest BCUT2D eigenvalue weighted by Gasteiger charge is 2.56. The van der Waals surface area contributed by atoms with Crippen LogP contribution in [0.15, 0.2) is 53.2 Å². The molecule has 2 unspecified atom stereocenters. The number of nitrogens with one attached hydrogen (secondary N) is 1. The minimum Gasteiger partial charge on any atom is -0.465 e. The fourth-order valence-electron chi connectivity index (χ4n) is 3.94. The monoisotopic (exact) mass is 439 g/mol. The highest BCUT2D eigenvalue weighted by atomic mass is 19.1. The molecule has 2 aromatic heterocycles. The first-order valence-corrected chi connectivity index (χ1v) is 10.0. The standard InChI is InChI=1S/C17H16FN3O2.C5H6N2O2/c18-12-4-1-10(2-5-12)11-3-6-15(19-7-11)21-8-13-14(9-21)16(13)20-17(22)23;1-3-2-4(5(6)8)7-9-3/h1-7,13-14,16,20H,8-9H2,(H,22,23);2H,1H3,(H2,6,8). The van der Waals surface area contributed by atoms with E-state index in [1.165, 1.54) is 18.2 Å². The van der Waals surface area contributed by atoms with Crippen LogP contribution in [0, 0.1) is 24.6 Å². The van der Waals surface area contributed by atoms with E-state index in [-0.39, 0.29) is 17.6 Å². The van der Waals surface area contributed by atoms with Gasteiger partial charge in [0.25, 0.3) is 5.91 Å². The molecule has 2 aliphatic rings. The maximum absolute atomic E-state index is 13.0. The molecule has 1 aliphatic heterocycles. The van der Waals surface area contributed by atoms with Crippen LogP contribution >= 0.6 is 0 Å². The smallest absolute Gasteiger partial charge is 0.404 e. The topological polar surface area (TPSA) is 135 Å². The van der Waals surface area contributed by atoms with Crippen molar-refractivity contribution in [2.75, 3.05) is 18.0 Å². The van der Waals surface area contributed by atoms with Crippen molar-refractivity contribution in [3.8, 4) is 11.1 Å². The van der Waals surface area contributed by atoms with Gasteiger partial charge in [-0.3, -0.25) is 4.79 Å². The van der Waals surface area contributed by atoms with E-state index < -0.39 is 12.0 Å². The molecule has 10 heteroatoms. The molecule has 4 N–H and O–H groups in total. The summed E-state index contributed by atoms with van der Waals surface area (Å²) in [5.74, 6) is 1.46. The predicted molar refractivity (Wildman–Crippen MR) is 114 cm³/mol. The number of rotatable bonds is 4. The third-order valence-corrected chi connectivity index (χ3v) is 5.61. The summed E-state index contributed by atoms with van der Waals surface area (Å²) < 4.78 is 17.5. The van der Waals surface area contributed by atoms with Crippen molar-refractivity contribution in [3.05, 3.63) is 65.9 Å². The second-order valence-corrected chi connectivity index (χ2v) is 7.81. The van der Waals surface area contributed by atoms with Crippen LogP contribution in [0.5, 0.6) is 0 Å². The van der Waals surface area contributed by atoms with Crippen LogP contribution in [0.25, 0.3) is 11.1 Å². The molecule has 2 amide bonds. The lowest BCUT2D eigenvalue weighted by Gasteiger charge is -2.21. The third kappa shape index (κ3) is 4.69. The number of anilines is 1. The molecule has 9 nitrogen and oxygen atoms in total. The van der Waals surface area contributed by atoms with Gasteiger partial charge in [-0.1, -0.05) is 17.3 Å². The minimum atomic E-state index is -0.947. The summed E-state index contributed by atoms with van der Waals surface area (Å²) in [4.78, 5) is 27.7. The summed E-state index contributed by atoms with van der Waals surface area (Å²) in [5, 5.41) is 14.7. The molecule has 0 radical (unpaired) electrons. The summed E-state index contributed by atoms with van der Waals surface area (Å²) in [6.45, 7) is 3.36. The van der Waals surface area contributed by atoms with E-state index in [0.29, 0.717) is 17.6 Å². The zero-order valence-corrected chi connectivity index (χ0v) is 17.2. The van der Waals surface area contributed by atoms with Crippen molar-refractivity contribution in [3.63, 3.8) is 0 Å². The number of hydrogen-bond acceptors (Lipinski definition) is 6. The second kappa shape index (κ2) is 8.66. The van der Waals surface area contributed by atoms with Gasteiger partial charge in [0.2, 0.25) is 0 Å². The number of benzene rings is 1. The molecule has 3 heterocycles. The number of carbonyl (C=O) groups excluding carboxylic acids is 1. The Balaban J connectivity index is 0.000000230. The highest BCUT2D eigenvalue weighted by molar-refractivity contribution is 5.90. The number of hydrogen-bond donors (Lipinski definition) is 3. The van der Waals surface area contributed by atoms with Crippen molar-refractivity contribution < 1.29 is 23.6 Å². The van der Waals surface area contributed by atoms with Gasteiger partial charge in [-0.25, -0.2) is 14.2 Å². The number of fused-ring (bicyclic) bond motifs is 1. The second-order valence-electron chi connectivity index (χ2n) is 7.81. The van der Waals surface area contributed by atoms with Crippen LogP contribution < -0.4 is 16.0 Å². The Kier molecular flexibility index (Phi) is 5.76. The lowest BCUT2D eigenvalue weighted by Crippen LogP contribution is -2.34. The van der Waals surface area contributed by atoms with Crippen LogP contribution in [-0.2, 0) is 0 Å². The van der Waals surface area contributed by atoms with Gasteiger partial charge in [0.05, 0.1) is 0 Å². The van der Waals surface area contributed by atoms with Crippen molar-refractivity contribution in [1.82, 2.24) is 15.5 Å². The quantitative estimate of drug-likeness (QED) is 0.569. The normalized spacial score (nSPS) is 20.7. The molecule has 2 atom stereocenters. The van der Waals surface area contributed by atoms with Gasteiger partial charge in [0, 0.05) is 48.8 Å². The molecule has 1 aliphatic carbocycles. The number of pyridine rings is 1. The Morgan fingerprint density at radius 1 is 1.16 bits per heavy atom. The van der Waals surface area contributed by atoms with Crippen molar-refractivity contribution >= 4 is 17.8 Å². The fraction of sp³-hybridized carbons (Fsp3) is 0.273. The molecule has 5 rings (SSSR count). The molecule has 2 fully saturated rings. The van der Waals surface area contributed by atoms with Crippen molar-refractivity contribution in [2.24, 2.45) is 17.6 Å². The van der Waals surface area contributed by atoms with Crippen molar-refractivity contribution in [2.45, 2.75) is 13.0 Å². The number of aromatic nitrogens is 2. The van der Waals surface area contributed by atoms with Gasteiger partial charge >= 0.3 is 6.09 Å². The van der Waals surface area contributed by atoms with E-state index in [9.17, 15) is 14.0 Å². The number of carbonyl (C=O) groups is 2. The summed E-state index contributed by atoms with van der Waals surface area (Å²) in [6, 6.07) is 11.9. The first-order chi connectivity index (χ1) is 15.3. The predicted octanol–water partition coefficient (Wildman–Crippen LogP) is 2.67. The van der Waals surface area contributed by atoms with E-state index in [1.807, 2.05) is 12.1 Å². The van der Waals surface area contributed by atoms with Gasteiger partial charge in [0.1, 0.15) is 17.4 Å². The number of nitrogens with zero attached hydrogens (tertiary/aromatic N) is 3.